The van der Waals surface area contributed by atoms with Gasteiger partial charge in [-0.25, -0.2) is 5.48 Å². The Morgan fingerprint density at radius 2 is 2.21 bits per heavy atom. The summed E-state index contributed by atoms with van der Waals surface area (Å²) in [7, 11) is 0. The van der Waals surface area contributed by atoms with Crippen molar-refractivity contribution in [1.82, 2.24) is 10.6 Å². The molecular formula is C9H14N2O3. The molecule has 0 spiro atoms. The summed E-state index contributed by atoms with van der Waals surface area (Å²) in [5.74, 6) is -0.246. The minimum atomic E-state index is -0.427. The minimum Gasteiger partial charge on any atom is -0.351 e. The first kappa shape index (κ1) is 10.7. The number of rotatable bonds is 2. The summed E-state index contributed by atoms with van der Waals surface area (Å²) in [6.07, 6.45) is 1.48. The predicted octanol–water partition coefficient (Wildman–Crippen LogP) is 1.44. The van der Waals surface area contributed by atoms with Crippen LogP contribution in [0.15, 0.2) is 10.7 Å². The third kappa shape index (κ3) is 2.85. The largest absolute Gasteiger partial charge is 0.351 e. The molecule has 0 aliphatic rings. The van der Waals surface area contributed by atoms with Gasteiger partial charge in [0.25, 0.3) is 0 Å². The Kier molecular flexibility index (Phi) is 2.90. The molecule has 5 heteroatoms. The number of hydrogen-bond donors (Lipinski definition) is 1. The van der Waals surface area contributed by atoms with Gasteiger partial charge in [-0.05, 0) is 27.7 Å². The van der Waals surface area contributed by atoms with Crippen LogP contribution in [-0.4, -0.2) is 16.7 Å². The van der Waals surface area contributed by atoms with E-state index in [0.717, 1.165) is 0 Å². The number of nitrogens with zero attached hydrogens (tertiary/aromatic N) is 1. The van der Waals surface area contributed by atoms with Crippen molar-refractivity contribution in [3.05, 3.63) is 17.5 Å². The van der Waals surface area contributed by atoms with Gasteiger partial charge in [0.05, 0.1) is 11.8 Å². The van der Waals surface area contributed by atoms with Crippen LogP contribution in [0.25, 0.3) is 0 Å². The SMILES string of the molecule is Cc1cnoc1C(=O)NOC(C)(C)C. The summed E-state index contributed by atoms with van der Waals surface area (Å²) in [5, 5.41) is 3.50. The minimum absolute atomic E-state index is 0.175. The molecule has 0 unspecified atom stereocenters. The van der Waals surface area contributed by atoms with Gasteiger partial charge in [0.15, 0.2) is 0 Å². The van der Waals surface area contributed by atoms with Gasteiger partial charge < -0.3 is 4.52 Å². The first-order chi connectivity index (χ1) is 6.40. The monoisotopic (exact) mass is 198 g/mol. The number of hydrogen-bond acceptors (Lipinski definition) is 4. The Balaban J connectivity index is 2.56. The van der Waals surface area contributed by atoms with Gasteiger partial charge in [-0.1, -0.05) is 5.16 Å². The average Bonchev–Trinajstić information content (AvgIpc) is 2.46. The summed E-state index contributed by atoms with van der Waals surface area (Å²) in [6, 6.07) is 0. The number of aromatic nitrogens is 1. The Morgan fingerprint density at radius 1 is 1.57 bits per heavy atom. The first-order valence-corrected chi connectivity index (χ1v) is 4.30. The van der Waals surface area contributed by atoms with E-state index in [1.165, 1.54) is 6.20 Å². The standard InChI is InChI=1S/C9H14N2O3/c1-6-5-10-13-7(6)8(12)11-14-9(2,3)4/h5H,1-4H3,(H,11,12). The van der Waals surface area contributed by atoms with Crippen molar-refractivity contribution in [3.8, 4) is 0 Å². The second-order valence-corrected chi connectivity index (χ2v) is 3.98. The second kappa shape index (κ2) is 3.79. The summed E-state index contributed by atoms with van der Waals surface area (Å²) < 4.78 is 4.75. The quantitative estimate of drug-likeness (QED) is 0.730. The molecule has 0 atom stereocenters. The van der Waals surface area contributed by atoms with Crippen molar-refractivity contribution in [1.29, 1.82) is 0 Å². The molecule has 0 aromatic carbocycles. The number of aryl methyl sites for hydroxylation is 1. The van der Waals surface area contributed by atoms with Gasteiger partial charge in [-0.2, -0.15) is 0 Å². The molecule has 0 saturated carbocycles. The Hall–Kier alpha value is -1.36. The number of amides is 1. The van der Waals surface area contributed by atoms with Gasteiger partial charge in [-0.15, -0.1) is 0 Å². The molecule has 1 aromatic rings. The molecule has 1 amide bonds. The lowest BCUT2D eigenvalue weighted by atomic mass is 10.2. The summed E-state index contributed by atoms with van der Waals surface area (Å²) in [4.78, 5) is 16.5. The fraction of sp³-hybridized carbons (Fsp3) is 0.556. The predicted molar refractivity (Wildman–Crippen MR) is 49.5 cm³/mol. The van der Waals surface area contributed by atoms with E-state index in [2.05, 4.69) is 10.6 Å². The van der Waals surface area contributed by atoms with Gasteiger partial charge in [0.1, 0.15) is 0 Å². The van der Waals surface area contributed by atoms with Crippen LogP contribution >= 0.6 is 0 Å². The fourth-order valence-corrected chi connectivity index (χ4v) is 0.755. The highest BCUT2D eigenvalue weighted by atomic mass is 16.7. The maximum atomic E-state index is 11.4. The van der Waals surface area contributed by atoms with Crippen LogP contribution < -0.4 is 5.48 Å². The molecule has 1 heterocycles. The molecule has 0 radical (unpaired) electrons. The number of carbonyl (C=O) groups is 1. The lowest BCUT2D eigenvalue weighted by Gasteiger charge is -2.18. The molecule has 14 heavy (non-hydrogen) atoms. The zero-order chi connectivity index (χ0) is 10.8. The molecule has 5 nitrogen and oxygen atoms in total. The van der Waals surface area contributed by atoms with Crippen molar-refractivity contribution in [2.24, 2.45) is 0 Å². The topological polar surface area (TPSA) is 64.4 Å². The third-order valence-electron chi connectivity index (χ3n) is 1.40. The van der Waals surface area contributed by atoms with E-state index in [0.29, 0.717) is 5.56 Å². The van der Waals surface area contributed by atoms with Crippen LogP contribution in [0.2, 0.25) is 0 Å². The van der Waals surface area contributed by atoms with E-state index in [1.54, 1.807) is 6.92 Å². The van der Waals surface area contributed by atoms with Crippen LogP contribution in [0.4, 0.5) is 0 Å². The highest BCUT2D eigenvalue weighted by Gasteiger charge is 2.17. The number of nitrogens with one attached hydrogen (secondary N) is 1. The molecule has 1 N–H and O–H groups in total. The normalized spacial score (nSPS) is 11.4. The van der Waals surface area contributed by atoms with Gasteiger partial charge in [0.2, 0.25) is 5.76 Å². The zero-order valence-corrected chi connectivity index (χ0v) is 8.75. The molecule has 78 valence electrons. The highest BCUT2D eigenvalue weighted by Crippen LogP contribution is 2.08. The van der Waals surface area contributed by atoms with Crippen LogP contribution in [0.3, 0.4) is 0 Å². The van der Waals surface area contributed by atoms with Crippen molar-refractivity contribution in [3.63, 3.8) is 0 Å². The molecule has 0 aliphatic heterocycles. The molecule has 1 rings (SSSR count). The Bertz CT molecular complexity index is 325. The van der Waals surface area contributed by atoms with Crippen molar-refractivity contribution in [2.75, 3.05) is 0 Å². The third-order valence-corrected chi connectivity index (χ3v) is 1.40. The van der Waals surface area contributed by atoms with Gasteiger partial charge in [0, 0.05) is 5.56 Å². The molecule has 0 fully saturated rings. The van der Waals surface area contributed by atoms with E-state index in [1.807, 2.05) is 20.8 Å². The molecule has 0 saturated heterocycles. The van der Waals surface area contributed by atoms with Crippen molar-refractivity contribution >= 4 is 5.91 Å². The second-order valence-electron chi connectivity index (χ2n) is 3.98. The maximum absolute atomic E-state index is 11.4. The molecular weight excluding hydrogens is 184 g/mol. The van der Waals surface area contributed by atoms with Gasteiger partial charge >= 0.3 is 5.91 Å². The van der Waals surface area contributed by atoms with E-state index >= 15 is 0 Å². The first-order valence-electron chi connectivity index (χ1n) is 4.30. The highest BCUT2D eigenvalue weighted by molar-refractivity contribution is 5.91. The van der Waals surface area contributed by atoms with Crippen molar-refractivity contribution < 1.29 is 14.2 Å². The zero-order valence-electron chi connectivity index (χ0n) is 8.75. The average molecular weight is 198 g/mol. The van der Waals surface area contributed by atoms with Crippen LogP contribution in [-0.2, 0) is 4.84 Å². The van der Waals surface area contributed by atoms with Crippen LogP contribution in [0.5, 0.6) is 0 Å². The molecule has 0 aliphatic carbocycles. The number of carbonyl (C=O) groups excluding carboxylic acids is 1. The van der Waals surface area contributed by atoms with Crippen LogP contribution in [0, 0.1) is 6.92 Å². The van der Waals surface area contributed by atoms with Crippen molar-refractivity contribution in [2.45, 2.75) is 33.3 Å². The lowest BCUT2D eigenvalue weighted by Crippen LogP contribution is -2.33. The maximum Gasteiger partial charge on any atom is 0.313 e. The van der Waals surface area contributed by atoms with Crippen LogP contribution in [0.1, 0.15) is 36.9 Å². The molecule has 0 bridgehead atoms. The Labute approximate surface area is 82.4 Å². The van der Waals surface area contributed by atoms with E-state index < -0.39 is 11.5 Å². The summed E-state index contributed by atoms with van der Waals surface area (Å²) >= 11 is 0. The van der Waals surface area contributed by atoms with E-state index in [9.17, 15) is 4.79 Å². The fourth-order valence-electron chi connectivity index (χ4n) is 0.755. The summed E-state index contributed by atoms with van der Waals surface area (Å²) in [6.45, 7) is 7.24. The van der Waals surface area contributed by atoms with Gasteiger partial charge in [-0.3, -0.25) is 9.63 Å². The Morgan fingerprint density at radius 3 is 2.64 bits per heavy atom. The molecule has 1 aromatic heterocycles. The number of hydroxylamine groups is 1. The summed E-state index contributed by atoms with van der Waals surface area (Å²) in [5.41, 5.74) is 2.55. The smallest absolute Gasteiger partial charge is 0.313 e. The van der Waals surface area contributed by atoms with E-state index in [-0.39, 0.29) is 5.76 Å². The van der Waals surface area contributed by atoms with E-state index in [4.69, 9.17) is 9.36 Å². The lowest BCUT2D eigenvalue weighted by molar-refractivity contribution is -0.0600.